The van der Waals surface area contributed by atoms with Gasteiger partial charge in [0.25, 0.3) is 5.56 Å². The number of fused-ring (bicyclic) bond motifs is 1. The molecule has 3 aromatic rings. The molecule has 1 saturated heterocycles. The lowest BCUT2D eigenvalue weighted by atomic mass is 10.1. The molecular weight excluding hydrogens is 570 g/mol. The highest BCUT2D eigenvalue weighted by Gasteiger charge is 2.38. The standard InChI is InChI=1S/C25H29F3N6O.C2HF3O2/c1-16-12-22(35)34(20-4-2-3-5-20)23-21(16)13-29-24(32-23)31-17-6-8-19(9-7-17)33-11-10-18(14-33)30-15-25(26,27)28;3-2(4,5)1(6)7/h6-9,12-13,18,20,30H,2-5,10-11,14-15H2,1H3,(H,29,31,32);(H,6,7). The van der Waals surface area contributed by atoms with E-state index < -0.39 is 24.9 Å². The molecule has 1 aliphatic heterocycles. The zero-order chi connectivity index (χ0) is 30.7. The Kier molecular flexibility index (Phi) is 9.28. The number of nitrogens with one attached hydrogen (secondary N) is 2. The summed E-state index contributed by atoms with van der Waals surface area (Å²) in [6, 6.07) is 9.34. The fraction of sp³-hybridized carbons (Fsp3) is 0.481. The fourth-order valence-corrected chi connectivity index (χ4v) is 5.15. The first-order valence-electron chi connectivity index (χ1n) is 13.3. The molecular formula is C27H30F6N6O3. The van der Waals surface area contributed by atoms with Crippen LogP contribution in [0.2, 0.25) is 0 Å². The van der Waals surface area contributed by atoms with Crippen molar-refractivity contribution in [1.29, 1.82) is 0 Å². The Labute approximate surface area is 236 Å². The maximum Gasteiger partial charge on any atom is 0.490 e. The Hall–Kier alpha value is -3.88. The molecule has 1 aliphatic carbocycles. The second kappa shape index (κ2) is 12.5. The van der Waals surface area contributed by atoms with Crippen molar-refractivity contribution < 1.29 is 36.2 Å². The van der Waals surface area contributed by atoms with Gasteiger partial charge >= 0.3 is 18.3 Å². The van der Waals surface area contributed by atoms with E-state index >= 15 is 0 Å². The van der Waals surface area contributed by atoms with Crippen LogP contribution in [0.4, 0.5) is 43.7 Å². The molecule has 1 unspecified atom stereocenters. The first kappa shape index (κ1) is 31.1. The average Bonchev–Trinajstić information content (AvgIpc) is 3.60. The van der Waals surface area contributed by atoms with Crippen LogP contribution in [0.25, 0.3) is 11.0 Å². The molecule has 228 valence electrons. The summed E-state index contributed by atoms with van der Waals surface area (Å²) in [5, 5.41) is 13.8. The third kappa shape index (κ3) is 7.89. The van der Waals surface area contributed by atoms with Gasteiger partial charge in [0, 0.05) is 54.2 Å². The van der Waals surface area contributed by atoms with Crippen LogP contribution < -0.4 is 21.1 Å². The Morgan fingerprint density at radius 3 is 2.31 bits per heavy atom. The van der Waals surface area contributed by atoms with Crippen LogP contribution >= 0.6 is 0 Å². The van der Waals surface area contributed by atoms with Gasteiger partial charge in [-0.2, -0.15) is 31.3 Å². The van der Waals surface area contributed by atoms with Crippen molar-refractivity contribution in [1.82, 2.24) is 19.9 Å². The van der Waals surface area contributed by atoms with Crippen LogP contribution in [-0.4, -0.2) is 63.6 Å². The van der Waals surface area contributed by atoms with E-state index in [9.17, 15) is 31.1 Å². The second-order valence-corrected chi connectivity index (χ2v) is 10.3. The second-order valence-electron chi connectivity index (χ2n) is 10.3. The van der Waals surface area contributed by atoms with Crippen LogP contribution in [0.1, 0.15) is 43.7 Å². The van der Waals surface area contributed by atoms with Gasteiger partial charge in [0.1, 0.15) is 5.65 Å². The number of aromatic nitrogens is 3. The van der Waals surface area contributed by atoms with Crippen molar-refractivity contribution in [3.05, 3.63) is 52.4 Å². The van der Waals surface area contributed by atoms with Gasteiger partial charge in [0.2, 0.25) is 5.95 Å². The lowest BCUT2D eigenvalue weighted by Crippen LogP contribution is -2.38. The summed E-state index contributed by atoms with van der Waals surface area (Å²) in [4.78, 5) is 33.0. The number of anilines is 3. The highest BCUT2D eigenvalue weighted by molar-refractivity contribution is 5.79. The van der Waals surface area contributed by atoms with Gasteiger partial charge in [-0.3, -0.25) is 9.36 Å². The van der Waals surface area contributed by atoms with E-state index in [2.05, 4.69) is 20.5 Å². The van der Waals surface area contributed by atoms with E-state index in [0.717, 1.165) is 48.0 Å². The Morgan fingerprint density at radius 2 is 1.71 bits per heavy atom. The number of halogens is 6. The van der Waals surface area contributed by atoms with Crippen LogP contribution in [-0.2, 0) is 4.79 Å². The lowest BCUT2D eigenvalue weighted by molar-refractivity contribution is -0.192. The Balaban J connectivity index is 0.000000517. The van der Waals surface area contributed by atoms with Crippen LogP contribution in [0, 0.1) is 6.92 Å². The molecule has 0 radical (unpaired) electrons. The minimum absolute atomic E-state index is 0.0236. The summed E-state index contributed by atoms with van der Waals surface area (Å²) in [6.45, 7) is 2.18. The third-order valence-electron chi connectivity index (χ3n) is 7.20. The topological polar surface area (TPSA) is 112 Å². The Bertz CT molecular complexity index is 1450. The van der Waals surface area contributed by atoms with Gasteiger partial charge in [-0.05, 0) is 56.0 Å². The normalized spacial score (nSPS) is 17.8. The fourth-order valence-electron chi connectivity index (χ4n) is 5.15. The molecule has 1 aromatic carbocycles. The zero-order valence-corrected chi connectivity index (χ0v) is 22.6. The maximum absolute atomic E-state index is 12.8. The van der Waals surface area contributed by atoms with E-state index in [1.54, 1.807) is 12.3 Å². The molecule has 1 saturated carbocycles. The first-order valence-corrected chi connectivity index (χ1v) is 13.3. The number of carboxylic acid groups (broad SMARTS) is 1. The average molecular weight is 601 g/mol. The molecule has 5 rings (SSSR count). The van der Waals surface area contributed by atoms with Gasteiger partial charge < -0.3 is 20.6 Å². The highest BCUT2D eigenvalue weighted by Crippen LogP contribution is 2.31. The predicted octanol–water partition coefficient (Wildman–Crippen LogP) is 5.32. The molecule has 3 N–H and O–H groups in total. The van der Waals surface area contributed by atoms with Crippen LogP contribution in [0.5, 0.6) is 0 Å². The summed E-state index contributed by atoms with van der Waals surface area (Å²) < 4.78 is 71.0. The van der Waals surface area contributed by atoms with E-state index in [1.165, 1.54) is 0 Å². The monoisotopic (exact) mass is 600 g/mol. The molecule has 42 heavy (non-hydrogen) atoms. The molecule has 3 heterocycles. The zero-order valence-electron chi connectivity index (χ0n) is 22.6. The number of carbonyl (C=O) groups is 1. The lowest BCUT2D eigenvalue weighted by Gasteiger charge is -2.20. The van der Waals surface area contributed by atoms with E-state index in [1.807, 2.05) is 35.8 Å². The summed E-state index contributed by atoms with van der Waals surface area (Å²) in [6.07, 6.45) is -2.66. The molecule has 2 fully saturated rings. The molecule has 0 bridgehead atoms. The van der Waals surface area contributed by atoms with Crippen molar-refractivity contribution in [2.75, 3.05) is 29.9 Å². The van der Waals surface area contributed by atoms with Gasteiger partial charge in [0.15, 0.2) is 0 Å². The van der Waals surface area contributed by atoms with Gasteiger partial charge in [0.05, 0.1) is 6.54 Å². The van der Waals surface area contributed by atoms with Crippen LogP contribution in [0.3, 0.4) is 0 Å². The van der Waals surface area contributed by atoms with Crippen molar-refractivity contribution >= 4 is 34.3 Å². The van der Waals surface area contributed by atoms with E-state index in [0.29, 0.717) is 31.1 Å². The largest absolute Gasteiger partial charge is 0.490 e. The maximum atomic E-state index is 12.8. The minimum Gasteiger partial charge on any atom is -0.475 e. The molecule has 15 heteroatoms. The van der Waals surface area contributed by atoms with E-state index in [4.69, 9.17) is 14.9 Å². The molecule has 0 spiro atoms. The number of carboxylic acids is 1. The van der Waals surface area contributed by atoms with Gasteiger partial charge in [-0.25, -0.2) is 9.78 Å². The van der Waals surface area contributed by atoms with Gasteiger partial charge in [-0.1, -0.05) is 12.8 Å². The quantitative estimate of drug-likeness (QED) is 0.326. The van der Waals surface area contributed by atoms with Crippen molar-refractivity contribution in [3.8, 4) is 0 Å². The number of nitrogens with zero attached hydrogens (tertiary/aromatic N) is 4. The number of pyridine rings is 1. The third-order valence-corrected chi connectivity index (χ3v) is 7.20. The minimum atomic E-state index is -5.08. The number of rotatable bonds is 6. The SMILES string of the molecule is Cc1cc(=O)n(C2CCCC2)c2nc(Nc3ccc(N4CCC(NCC(F)(F)F)C4)cc3)ncc12.O=C(O)C(F)(F)F. The molecule has 1 atom stereocenters. The van der Waals surface area contributed by atoms with Crippen molar-refractivity contribution in [3.63, 3.8) is 0 Å². The van der Waals surface area contributed by atoms with Crippen molar-refractivity contribution in [2.24, 2.45) is 0 Å². The van der Waals surface area contributed by atoms with Crippen LogP contribution in [0.15, 0.2) is 41.3 Å². The Morgan fingerprint density at radius 1 is 1.07 bits per heavy atom. The summed E-state index contributed by atoms with van der Waals surface area (Å²) in [5.74, 6) is -2.34. The predicted molar refractivity (Wildman–Crippen MR) is 144 cm³/mol. The number of aryl methyl sites for hydroxylation is 1. The molecule has 0 amide bonds. The highest BCUT2D eigenvalue weighted by atomic mass is 19.4. The van der Waals surface area contributed by atoms with E-state index in [-0.39, 0.29) is 17.6 Å². The van der Waals surface area contributed by atoms with Gasteiger partial charge in [-0.15, -0.1) is 0 Å². The number of hydrogen-bond acceptors (Lipinski definition) is 7. The number of benzene rings is 1. The van der Waals surface area contributed by atoms with Crippen molar-refractivity contribution in [2.45, 2.75) is 63.5 Å². The number of alkyl halides is 6. The number of hydrogen-bond donors (Lipinski definition) is 3. The summed E-state index contributed by atoms with van der Waals surface area (Å²) in [5.41, 5.74) is 3.25. The molecule has 2 aromatic heterocycles. The number of aliphatic carboxylic acids is 1. The smallest absolute Gasteiger partial charge is 0.475 e. The molecule has 2 aliphatic rings. The summed E-state index contributed by atoms with van der Waals surface area (Å²) in [7, 11) is 0. The molecule has 9 nitrogen and oxygen atoms in total. The first-order chi connectivity index (χ1) is 19.7. The summed E-state index contributed by atoms with van der Waals surface area (Å²) >= 11 is 0.